The summed E-state index contributed by atoms with van der Waals surface area (Å²) in [5.74, 6) is 0.848. The van der Waals surface area contributed by atoms with Crippen molar-refractivity contribution in [3.05, 3.63) is 35.4 Å². The maximum Gasteiger partial charge on any atom is 0.150 e. The van der Waals surface area contributed by atoms with Crippen LogP contribution in [0.15, 0.2) is 24.3 Å². The Hall–Kier alpha value is -1.15. The van der Waals surface area contributed by atoms with E-state index in [2.05, 4.69) is 17.9 Å². The summed E-state index contributed by atoms with van der Waals surface area (Å²) < 4.78 is 0. The SMILES string of the molecule is CC1CCN(CCc2cccc(C=O)c2)C1. The molecular formula is C14H19NO. The fraction of sp³-hybridized carbons (Fsp3) is 0.500. The van der Waals surface area contributed by atoms with Gasteiger partial charge in [-0.3, -0.25) is 4.79 Å². The van der Waals surface area contributed by atoms with Crippen molar-refractivity contribution in [2.45, 2.75) is 19.8 Å². The van der Waals surface area contributed by atoms with Crippen molar-refractivity contribution in [1.29, 1.82) is 0 Å². The van der Waals surface area contributed by atoms with Crippen molar-refractivity contribution in [2.24, 2.45) is 5.92 Å². The minimum absolute atomic E-state index is 0.785. The second-order valence-electron chi connectivity index (χ2n) is 4.81. The Morgan fingerprint density at radius 1 is 1.50 bits per heavy atom. The molecule has 0 N–H and O–H groups in total. The first-order valence-corrected chi connectivity index (χ1v) is 6.04. The average molecular weight is 217 g/mol. The molecule has 1 unspecified atom stereocenters. The monoisotopic (exact) mass is 217 g/mol. The Labute approximate surface area is 97.3 Å². The fourth-order valence-corrected chi connectivity index (χ4v) is 2.34. The predicted molar refractivity (Wildman–Crippen MR) is 65.8 cm³/mol. The largest absolute Gasteiger partial charge is 0.303 e. The van der Waals surface area contributed by atoms with E-state index in [0.717, 1.165) is 30.7 Å². The van der Waals surface area contributed by atoms with Gasteiger partial charge in [-0.05, 0) is 36.9 Å². The van der Waals surface area contributed by atoms with Crippen LogP contribution in [-0.4, -0.2) is 30.8 Å². The molecule has 1 heterocycles. The average Bonchev–Trinajstić information content (AvgIpc) is 2.73. The number of carbonyl (C=O) groups excluding carboxylic acids is 1. The zero-order chi connectivity index (χ0) is 11.4. The lowest BCUT2D eigenvalue weighted by molar-refractivity contribution is 0.112. The Morgan fingerprint density at radius 3 is 3.06 bits per heavy atom. The minimum Gasteiger partial charge on any atom is -0.303 e. The molecule has 2 heteroatoms. The Kier molecular flexibility index (Phi) is 3.73. The van der Waals surface area contributed by atoms with E-state index in [1.165, 1.54) is 25.1 Å². The number of hydrogen-bond donors (Lipinski definition) is 0. The highest BCUT2D eigenvalue weighted by atomic mass is 16.1. The number of likely N-dealkylation sites (tertiary alicyclic amines) is 1. The number of rotatable bonds is 4. The topological polar surface area (TPSA) is 20.3 Å². The number of carbonyl (C=O) groups is 1. The van der Waals surface area contributed by atoms with Crippen molar-refractivity contribution in [3.8, 4) is 0 Å². The maximum absolute atomic E-state index is 10.7. The van der Waals surface area contributed by atoms with Gasteiger partial charge in [0.2, 0.25) is 0 Å². The molecule has 0 bridgehead atoms. The van der Waals surface area contributed by atoms with Crippen molar-refractivity contribution in [3.63, 3.8) is 0 Å². The standard InChI is InChI=1S/C14H19NO/c1-12-5-7-15(10-12)8-6-13-3-2-4-14(9-13)11-16/h2-4,9,11-12H,5-8,10H2,1H3. The summed E-state index contributed by atoms with van der Waals surface area (Å²) in [6.45, 7) is 5.89. The molecule has 0 aromatic heterocycles. The lowest BCUT2D eigenvalue weighted by Gasteiger charge is -2.14. The summed E-state index contributed by atoms with van der Waals surface area (Å²) in [6.07, 6.45) is 3.30. The van der Waals surface area contributed by atoms with Gasteiger partial charge in [0.25, 0.3) is 0 Å². The summed E-state index contributed by atoms with van der Waals surface area (Å²) >= 11 is 0. The summed E-state index contributed by atoms with van der Waals surface area (Å²) in [7, 11) is 0. The Bertz CT molecular complexity index is 362. The first-order chi connectivity index (χ1) is 7.78. The lowest BCUT2D eigenvalue weighted by Crippen LogP contribution is -2.23. The summed E-state index contributed by atoms with van der Waals surface area (Å²) in [5.41, 5.74) is 2.05. The van der Waals surface area contributed by atoms with Crippen LogP contribution >= 0.6 is 0 Å². The summed E-state index contributed by atoms with van der Waals surface area (Å²) in [6, 6.07) is 7.92. The highest BCUT2D eigenvalue weighted by Crippen LogP contribution is 2.15. The molecule has 0 aliphatic carbocycles. The second kappa shape index (κ2) is 5.26. The van der Waals surface area contributed by atoms with E-state index in [0.29, 0.717) is 0 Å². The molecule has 0 spiro atoms. The fourth-order valence-electron chi connectivity index (χ4n) is 2.34. The van der Waals surface area contributed by atoms with E-state index in [4.69, 9.17) is 0 Å². The van der Waals surface area contributed by atoms with Crippen LogP contribution in [0.2, 0.25) is 0 Å². The second-order valence-corrected chi connectivity index (χ2v) is 4.81. The molecule has 1 atom stereocenters. The van der Waals surface area contributed by atoms with Gasteiger partial charge in [-0.2, -0.15) is 0 Å². The molecule has 86 valence electrons. The van der Waals surface area contributed by atoms with E-state index < -0.39 is 0 Å². The zero-order valence-electron chi connectivity index (χ0n) is 9.86. The quantitative estimate of drug-likeness (QED) is 0.722. The van der Waals surface area contributed by atoms with Crippen LogP contribution in [0.3, 0.4) is 0 Å². The van der Waals surface area contributed by atoms with Gasteiger partial charge in [0, 0.05) is 18.7 Å². The lowest BCUT2D eigenvalue weighted by atomic mass is 10.1. The van der Waals surface area contributed by atoms with E-state index >= 15 is 0 Å². The number of benzene rings is 1. The molecule has 2 nitrogen and oxygen atoms in total. The van der Waals surface area contributed by atoms with Gasteiger partial charge in [0.05, 0.1) is 0 Å². The molecule has 1 aliphatic rings. The molecule has 1 aliphatic heterocycles. The smallest absolute Gasteiger partial charge is 0.150 e. The van der Waals surface area contributed by atoms with E-state index in [9.17, 15) is 4.79 Å². The van der Waals surface area contributed by atoms with Crippen LogP contribution in [0, 0.1) is 5.92 Å². The maximum atomic E-state index is 10.7. The molecule has 1 saturated heterocycles. The van der Waals surface area contributed by atoms with Crippen LogP contribution in [0.1, 0.15) is 29.3 Å². The molecule has 0 amide bonds. The van der Waals surface area contributed by atoms with Gasteiger partial charge < -0.3 is 4.90 Å². The first kappa shape index (κ1) is 11.3. The molecule has 0 radical (unpaired) electrons. The van der Waals surface area contributed by atoms with Crippen LogP contribution in [0.5, 0.6) is 0 Å². The van der Waals surface area contributed by atoms with Crippen molar-refractivity contribution >= 4 is 6.29 Å². The summed E-state index contributed by atoms with van der Waals surface area (Å²) in [5, 5.41) is 0. The molecule has 2 rings (SSSR count). The summed E-state index contributed by atoms with van der Waals surface area (Å²) in [4.78, 5) is 13.2. The molecule has 1 aromatic rings. The molecule has 1 aromatic carbocycles. The van der Waals surface area contributed by atoms with Crippen LogP contribution in [0.25, 0.3) is 0 Å². The molecule has 16 heavy (non-hydrogen) atoms. The van der Waals surface area contributed by atoms with Crippen molar-refractivity contribution in [1.82, 2.24) is 4.90 Å². The van der Waals surface area contributed by atoms with Crippen molar-refractivity contribution in [2.75, 3.05) is 19.6 Å². The third-order valence-electron chi connectivity index (χ3n) is 3.31. The van der Waals surface area contributed by atoms with E-state index in [1.54, 1.807) is 0 Å². The van der Waals surface area contributed by atoms with Gasteiger partial charge in [-0.25, -0.2) is 0 Å². The Balaban J connectivity index is 1.87. The zero-order valence-corrected chi connectivity index (χ0v) is 9.86. The third kappa shape index (κ3) is 2.92. The van der Waals surface area contributed by atoms with Crippen molar-refractivity contribution < 1.29 is 4.79 Å². The Morgan fingerprint density at radius 2 is 2.38 bits per heavy atom. The van der Waals surface area contributed by atoms with Gasteiger partial charge >= 0.3 is 0 Å². The third-order valence-corrected chi connectivity index (χ3v) is 3.31. The number of aldehydes is 1. The molecule has 1 fully saturated rings. The van der Waals surface area contributed by atoms with E-state index in [1.807, 2.05) is 18.2 Å². The minimum atomic E-state index is 0.785. The van der Waals surface area contributed by atoms with Gasteiger partial charge in [-0.15, -0.1) is 0 Å². The predicted octanol–water partition coefficient (Wildman–Crippen LogP) is 2.38. The normalized spacial score (nSPS) is 21.2. The highest BCUT2D eigenvalue weighted by molar-refractivity contribution is 5.74. The van der Waals surface area contributed by atoms with Gasteiger partial charge in [-0.1, -0.05) is 25.1 Å². The van der Waals surface area contributed by atoms with E-state index in [-0.39, 0.29) is 0 Å². The first-order valence-electron chi connectivity index (χ1n) is 6.04. The number of nitrogens with zero attached hydrogens (tertiary/aromatic N) is 1. The van der Waals surface area contributed by atoms with Gasteiger partial charge in [0.15, 0.2) is 0 Å². The van der Waals surface area contributed by atoms with Gasteiger partial charge in [0.1, 0.15) is 6.29 Å². The number of hydrogen-bond acceptors (Lipinski definition) is 2. The highest BCUT2D eigenvalue weighted by Gasteiger charge is 2.17. The molecular weight excluding hydrogens is 198 g/mol. The molecule has 0 saturated carbocycles. The van der Waals surface area contributed by atoms with Crippen LogP contribution in [0.4, 0.5) is 0 Å². The van der Waals surface area contributed by atoms with Crippen LogP contribution < -0.4 is 0 Å². The van der Waals surface area contributed by atoms with Crippen LogP contribution in [-0.2, 0) is 6.42 Å².